The van der Waals surface area contributed by atoms with E-state index in [1.165, 1.54) is 19.5 Å². The Bertz CT molecular complexity index is 430. The van der Waals surface area contributed by atoms with Crippen LogP contribution in [0, 0.1) is 5.41 Å². The first-order chi connectivity index (χ1) is 8.62. The summed E-state index contributed by atoms with van der Waals surface area (Å²) in [6, 6.07) is 8.19. The predicted octanol–water partition coefficient (Wildman–Crippen LogP) is 2.59. The highest BCUT2D eigenvalue weighted by molar-refractivity contribution is 5.57. The van der Waals surface area contributed by atoms with Gasteiger partial charge < -0.3 is 10.1 Å². The number of rotatable bonds is 2. The Balaban J connectivity index is 1.60. The Morgan fingerprint density at radius 3 is 3.00 bits per heavy atom. The van der Waals surface area contributed by atoms with Crippen LogP contribution in [0.3, 0.4) is 0 Å². The summed E-state index contributed by atoms with van der Waals surface area (Å²) in [7, 11) is 0. The zero-order valence-corrected chi connectivity index (χ0v) is 11.3. The van der Waals surface area contributed by atoms with Crippen LogP contribution in [-0.4, -0.2) is 37.2 Å². The van der Waals surface area contributed by atoms with Crippen LogP contribution in [0.1, 0.15) is 20.3 Å². The largest absolute Gasteiger partial charge is 0.485 e. The third kappa shape index (κ3) is 2.46. The second kappa shape index (κ2) is 4.47. The SMILES string of the molecule is CC1(C)CCN(CC2CNc3ccccc3O2)C1. The zero-order chi connectivity index (χ0) is 12.6. The van der Waals surface area contributed by atoms with Gasteiger partial charge in [-0.05, 0) is 30.5 Å². The number of benzene rings is 1. The van der Waals surface area contributed by atoms with Crippen molar-refractivity contribution in [2.45, 2.75) is 26.4 Å². The number of nitrogens with zero attached hydrogens (tertiary/aromatic N) is 1. The second-order valence-electron chi connectivity index (χ2n) is 6.27. The molecule has 0 bridgehead atoms. The monoisotopic (exact) mass is 246 g/mol. The van der Waals surface area contributed by atoms with E-state index in [0.29, 0.717) is 5.41 Å². The van der Waals surface area contributed by atoms with E-state index in [4.69, 9.17) is 4.74 Å². The first-order valence-corrected chi connectivity index (χ1v) is 6.84. The molecular weight excluding hydrogens is 224 g/mol. The van der Waals surface area contributed by atoms with Crippen LogP contribution >= 0.6 is 0 Å². The van der Waals surface area contributed by atoms with Crippen LogP contribution in [0.15, 0.2) is 24.3 Å². The van der Waals surface area contributed by atoms with Crippen molar-refractivity contribution >= 4 is 5.69 Å². The molecule has 0 amide bonds. The highest BCUT2D eigenvalue weighted by Gasteiger charge is 2.31. The minimum absolute atomic E-state index is 0.272. The van der Waals surface area contributed by atoms with E-state index < -0.39 is 0 Å². The van der Waals surface area contributed by atoms with Gasteiger partial charge >= 0.3 is 0 Å². The first-order valence-electron chi connectivity index (χ1n) is 6.84. The van der Waals surface area contributed by atoms with Crippen molar-refractivity contribution in [2.75, 3.05) is 31.5 Å². The molecule has 2 heterocycles. The topological polar surface area (TPSA) is 24.5 Å². The molecule has 0 spiro atoms. The summed E-state index contributed by atoms with van der Waals surface area (Å²) >= 11 is 0. The van der Waals surface area contributed by atoms with E-state index in [-0.39, 0.29) is 6.10 Å². The van der Waals surface area contributed by atoms with E-state index in [1.54, 1.807) is 0 Å². The summed E-state index contributed by atoms with van der Waals surface area (Å²) in [5.41, 5.74) is 1.59. The number of fused-ring (bicyclic) bond motifs is 1. The van der Waals surface area contributed by atoms with Crippen molar-refractivity contribution in [2.24, 2.45) is 5.41 Å². The number of para-hydroxylation sites is 2. The molecule has 2 aliphatic heterocycles. The molecule has 18 heavy (non-hydrogen) atoms. The third-order valence-corrected chi connectivity index (χ3v) is 3.92. The smallest absolute Gasteiger partial charge is 0.142 e. The normalized spacial score (nSPS) is 26.2. The van der Waals surface area contributed by atoms with Gasteiger partial charge in [-0.1, -0.05) is 26.0 Å². The van der Waals surface area contributed by atoms with Gasteiger partial charge in [0.2, 0.25) is 0 Å². The van der Waals surface area contributed by atoms with Crippen LogP contribution in [0.2, 0.25) is 0 Å². The molecule has 1 fully saturated rings. The summed E-state index contributed by atoms with van der Waals surface area (Å²) in [6.07, 6.45) is 1.57. The molecule has 98 valence electrons. The van der Waals surface area contributed by atoms with Gasteiger partial charge in [0.15, 0.2) is 0 Å². The molecule has 1 N–H and O–H groups in total. The lowest BCUT2D eigenvalue weighted by atomic mass is 9.93. The molecular formula is C15H22N2O. The molecule has 1 saturated heterocycles. The van der Waals surface area contributed by atoms with Crippen molar-refractivity contribution in [1.82, 2.24) is 4.90 Å². The maximum atomic E-state index is 6.06. The van der Waals surface area contributed by atoms with Crippen LogP contribution in [-0.2, 0) is 0 Å². The summed E-state index contributed by atoms with van der Waals surface area (Å²) < 4.78 is 6.06. The minimum atomic E-state index is 0.272. The predicted molar refractivity (Wildman–Crippen MR) is 74.2 cm³/mol. The number of likely N-dealkylation sites (tertiary alicyclic amines) is 1. The zero-order valence-electron chi connectivity index (χ0n) is 11.3. The van der Waals surface area contributed by atoms with Crippen molar-refractivity contribution < 1.29 is 4.74 Å². The Hall–Kier alpha value is -1.22. The van der Waals surface area contributed by atoms with Crippen molar-refractivity contribution in [3.05, 3.63) is 24.3 Å². The molecule has 3 rings (SSSR count). The Labute approximate surface area is 109 Å². The van der Waals surface area contributed by atoms with Gasteiger partial charge in [0.1, 0.15) is 11.9 Å². The summed E-state index contributed by atoms with van der Waals surface area (Å²) in [6.45, 7) is 9.03. The number of ether oxygens (including phenoxy) is 1. The average molecular weight is 246 g/mol. The van der Waals surface area contributed by atoms with Gasteiger partial charge in [-0.2, -0.15) is 0 Å². The Kier molecular flexibility index (Phi) is 2.94. The van der Waals surface area contributed by atoms with Crippen molar-refractivity contribution in [3.8, 4) is 5.75 Å². The van der Waals surface area contributed by atoms with Crippen molar-refractivity contribution in [3.63, 3.8) is 0 Å². The lowest BCUT2D eigenvalue weighted by molar-refractivity contribution is 0.144. The van der Waals surface area contributed by atoms with E-state index in [2.05, 4.69) is 30.1 Å². The van der Waals surface area contributed by atoms with Gasteiger partial charge in [0, 0.05) is 13.1 Å². The summed E-state index contributed by atoms with van der Waals surface area (Å²) in [5.74, 6) is 0.993. The van der Waals surface area contributed by atoms with Crippen LogP contribution in [0.4, 0.5) is 5.69 Å². The molecule has 0 saturated carbocycles. The van der Waals surface area contributed by atoms with Gasteiger partial charge in [-0.25, -0.2) is 0 Å². The maximum absolute atomic E-state index is 6.06. The maximum Gasteiger partial charge on any atom is 0.142 e. The van der Waals surface area contributed by atoms with Crippen LogP contribution in [0.5, 0.6) is 5.75 Å². The van der Waals surface area contributed by atoms with Crippen LogP contribution < -0.4 is 10.1 Å². The van der Waals surface area contributed by atoms with Gasteiger partial charge in [0.05, 0.1) is 12.2 Å². The molecule has 3 heteroatoms. The molecule has 0 aromatic heterocycles. The summed E-state index contributed by atoms with van der Waals surface area (Å²) in [5, 5.41) is 3.46. The van der Waals surface area contributed by atoms with E-state index >= 15 is 0 Å². The first kappa shape index (κ1) is 11.8. The molecule has 1 atom stereocenters. The van der Waals surface area contributed by atoms with E-state index in [1.807, 2.05) is 18.2 Å². The van der Waals surface area contributed by atoms with Crippen molar-refractivity contribution in [1.29, 1.82) is 0 Å². The number of hydrogen-bond acceptors (Lipinski definition) is 3. The standard InChI is InChI=1S/C15H22N2O/c1-15(2)7-8-17(11-15)10-12-9-16-13-5-3-4-6-14(13)18-12/h3-6,12,16H,7-11H2,1-2H3. The second-order valence-corrected chi connectivity index (χ2v) is 6.27. The molecule has 2 aliphatic rings. The number of nitrogens with one attached hydrogen (secondary N) is 1. The van der Waals surface area contributed by atoms with Gasteiger partial charge in [-0.3, -0.25) is 4.90 Å². The summed E-state index contributed by atoms with van der Waals surface area (Å²) in [4.78, 5) is 2.53. The minimum Gasteiger partial charge on any atom is -0.485 e. The molecule has 1 aromatic rings. The van der Waals surface area contributed by atoms with Gasteiger partial charge in [-0.15, -0.1) is 0 Å². The number of anilines is 1. The molecule has 0 aliphatic carbocycles. The average Bonchev–Trinajstić information content (AvgIpc) is 2.68. The lowest BCUT2D eigenvalue weighted by Gasteiger charge is -2.30. The molecule has 3 nitrogen and oxygen atoms in total. The molecule has 0 radical (unpaired) electrons. The third-order valence-electron chi connectivity index (χ3n) is 3.92. The molecule has 1 aromatic carbocycles. The lowest BCUT2D eigenvalue weighted by Crippen LogP contribution is -2.41. The van der Waals surface area contributed by atoms with E-state index in [0.717, 1.165) is 24.5 Å². The van der Waals surface area contributed by atoms with Crippen LogP contribution in [0.25, 0.3) is 0 Å². The Morgan fingerprint density at radius 1 is 1.39 bits per heavy atom. The fourth-order valence-electron chi connectivity index (χ4n) is 2.93. The fraction of sp³-hybridized carbons (Fsp3) is 0.600. The van der Waals surface area contributed by atoms with E-state index in [9.17, 15) is 0 Å². The Morgan fingerprint density at radius 2 is 2.22 bits per heavy atom. The highest BCUT2D eigenvalue weighted by Crippen LogP contribution is 2.31. The number of hydrogen-bond donors (Lipinski definition) is 1. The highest BCUT2D eigenvalue weighted by atomic mass is 16.5. The quantitative estimate of drug-likeness (QED) is 0.868. The molecule has 1 unspecified atom stereocenters. The van der Waals surface area contributed by atoms with Gasteiger partial charge in [0.25, 0.3) is 0 Å². The fourth-order valence-corrected chi connectivity index (χ4v) is 2.93.